The monoisotopic (exact) mass is 522 g/mol. The van der Waals surface area contributed by atoms with Crippen molar-refractivity contribution < 1.29 is 5.11 Å². The van der Waals surface area contributed by atoms with E-state index < -0.39 is 6.10 Å². The molecule has 1 aliphatic heterocycles. The number of benzene rings is 2. The van der Waals surface area contributed by atoms with Crippen LogP contribution in [0.5, 0.6) is 0 Å². The van der Waals surface area contributed by atoms with Gasteiger partial charge < -0.3 is 25.2 Å². The lowest BCUT2D eigenvalue weighted by Gasteiger charge is -2.34. The Bertz CT molecular complexity index is 1110. The van der Waals surface area contributed by atoms with Gasteiger partial charge in [0.1, 0.15) is 0 Å². The van der Waals surface area contributed by atoms with Crippen LogP contribution in [-0.4, -0.2) is 72.8 Å². The van der Waals surface area contributed by atoms with Crippen LogP contribution in [0.4, 0.5) is 0 Å². The second-order valence-electron chi connectivity index (χ2n) is 9.36. The number of nitrogens with one attached hydrogen (secondary N) is 2. The van der Waals surface area contributed by atoms with Crippen LogP contribution in [0, 0.1) is 0 Å². The summed E-state index contributed by atoms with van der Waals surface area (Å²) in [6.07, 6.45) is 0.194. The highest BCUT2D eigenvalue weighted by molar-refractivity contribution is 6.42. The third-order valence-electron chi connectivity index (χ3n) is 6.74. The van der Waals surface area contributed by atoms with E-state index in [1.807, 2.05) is 6.07 Å². The molecule has 2 unspecified atom stereocenters. The van der Waals surface area contributed by atoms with Crippen LogP contribution in [0.3, 0.4) is 0 Å². The van der Waals surface area contributed by atoms with E-state index in [0.717, 1.165) is 61.8 Å². The maximum absolute atomic E-state index is 10.5. The van der Waals surface area contributed by atoms with E-state index in [1.165, 1.54) is 16.6 Å². The van der Waals surface area contributed by atoms with Gasteiger partial charge in [0.15, 0.2) is 0 Å². The highest BCUT2D eigenvalue weighted by atomic mass is 35.5. The third-order valence-corrected chi connectivity index (χ3v) is 7.71. The summed E-state index contributed by atoms with van der Waals surface area (Å²) >= 11 is 18.4. The van der Waals surface area contributed by atoms with Crippen molar-refractivity contribution in [3.63, 3.8) is 0 Å². The molecule has 0 amide bonds. The molecule has 34 heavy (non-hydrogen) atoms. The van der Waals surface area contributed by atoms with Gasteiger partial charge in [-0.25, -0.2) is 0 Å². The number of aliphatic hydroxyl groups excluding tert-OH is 1. The molecule has 0 bridgehead atoms. The number of nitrogens with zero attached hydrogens (tertiary/aromatic N) is 2. The number of aliphatic hydroxyl groups is 1. The van der Waals surface area contributed by atoms with Crippen molar-refractivity contribution >= 4 is 45.7 Å². The lowest BCUT2D eigenvalue weighted by molar-refractivity contribution is 0.148. The van der Waals surface area contributed by atoms with Gasteiger partial charge in [0.2, 0.25) is 0 Å². The molecule has 1 fully saturated rings. The topological polar surface area (TPSA) is 54.5 Å². The first-order valence-corrected chi connectivity index (χ1v) is 13.0. The molecule has 2 heterocycles. The van der Waals surface area contributed by atoms with Gasteiger partial charge in [0, 0.05) is 66.8 Å². The minimum atomic E-state index is -0.650. The maximum Gasteiger partial charge on any atom is 0.0914 e. The molecule has 2 aromatic carbocycles. The minimum Gasteiger partial charge on any atom is -0.387 e. The summed E-state index contributed by atoms with van der Waals surface area (Å²) in [4.78, 5) is 8.62. The summed E-state index contributed by atoms with van der Waals surface area (Å²) < 4.78 is 0. The SMILES string of the molecule is CC(CN1CCN(C)CC1)c1[nH]c2ccc(Cl)cc2c1CCNCC(O)c1ccc(Cl)c(Cl)c1. The smallest absolute Gasteiger partial charge is 0.0914 e. The lowest BCUT2D eigenvalue weighted by atomic mass is 9.98. The number of rotatable bonds is 9. The zero-order chi connectivity index (χ0) is 24.2. The average Bonchev–Trinajstić information content (AvgIpc) is 3.17. The summed E-state index contributed by atoms with van der Waals surface area (Å²) in [5, 5.41) is 16.8. The summed E-state index contributed by atoms with van der Waals surface area (Å²) in [5.41, 5.74) is 4.46. The van der Waals surface area contributed by atoms with Crippen molar-refractivity contribution in [1.29, 1.82) is 0 Å². The van der Waals surface area contributed by atoms with Crippen LogP contribution in [0.1, 0.15) is 35.8 Å². The number of piperazine rings is 1. The van der Waals surface area contributed by atoms with Crippen molar-refractivity contribution in [2.24, 2.45) is 0 Å². The fourth-order valence-corrected chi connectivity index (χ4v) is 5.21. The first kappa shape index (κ1) is 25.8. The molecular formula is C26H33Cl3N4O. The lowest BCUT2D eigenvalue weighted by Crippen LogP contribution is -2.45. The first-order valence-electron chi connectivity index (χ1n) is 11.9. The van der Waals surface area contributed by atoms with Gasteiger partial charge >= 0.3 is 0 Å². The number of halogens is 3. The van der Waals surface area contributed by atoms with Crippen molar-refractivity contribution in [3.05, 3.63) is 68.3 Å². The number of aromatic nitrogens is 1. The Morgan fingerprint density at radius 3 is 2.53 bits per heavy atom. The van der Waals surface area contributed by atoms with E-state index in [4.69, 9.17) is 34.8 Å². The van der Waals surface area contributed by atoms with Crippen LogP contribution in [0.25, 0.3) is 10.9 Å². The maximum atomic E-state index is 10.5. The molecule has 0 spiro atoms. The molecular weight excluding hydrogens is 491 g/mol. The van der Waals surface area contributed by atoms with Crippen LogP contribution in [0.2, 0.25) is 15.1 Å². The van der Waals surface area contributed by atoms with Gasteiger partial charge in [-0.2, -0.15) is 0 Å². The Balaban J connectivity index is 1.43. The quantitative estimate of drug-likeness (QED) is 0.331. The molecule has 4 rings (SSSR count). The molecule has 1 saturated heterocycles. The van der Waals surface area contributed by atoms with Gasteiger partial charge in [0.05, 0.1) is 16.1 Å². The molecule has 184 valence electrons. The van der Waals surface area contributed by atoms with E-state index in [-0.39, 0.29) is 0 Å². The van der Waals surface area contributed by atoms with E-state index in [2.05, 4.69) is 46.2 Å². The van der Waals surface area contributed by atoms with Crippen molar-refractivity contribution in [2.45, 2.75) is 25.4 Å². The predicted molar refractivity (Wildman–Crippen MR) is 144 cm³/mol. The second-order valence-corrected chi connectivity index (χ2v) is 10.6. The second kappa shape index (κ2) is 11.6. The number of hydrogen-bond acceptors (Lipinski definition) is 4. The molecule has 0 radical (unpaired) electrons. The van der Waals surface area contributed by atoms with E-state index >= 15 is 0 Å². The highest BCUT2D eigenvalue weighted by Crippen LogP contribution is 2.31. The summed E-state index contributed by atoms with van der Waals surface area (Å²) in [7, 11) is 2.19. The van der Waals surface area contributed by atoms with Crippen LogP contribution < -0.4 is 5.32 Å². The first-order chi connectivity index (χ1) is 16.3. The number of H-pyrrole nitrogens is 1. The molecule has 8 heteroatoms. The largest absolute Gasteiger partial charge is 0.387 e. The van der Waals surface area contributed by atoms with Crippen LogP contribution in [-0.2, 0) is 6.42 Å². The van der Waals surface area contributed by atoms with Crippen LogP contribution >= 0.6 is 34.8 Å². The summed E-state index contributed by atoms with van der Waals surface area (Å²) in [6.45, 7) is 8.96. The van der Waals surface area contributed by atoms with Crippen molar-refractivity contribution in [3.8, 4) is 0 Å². The normalized spacial score (nSPS) is 17.4. The molecule has 2 atom stereocenters. The third kappa shape index (κ3) is 6.27. The molecule has 3 N–H and O–H groups in total. The zero-order valence-electron chi connectivity index (χ0n) is 19.8. The molecule has 3 aromatic rings. The van der Waals surface area contributed by atoms with Crippen molar-refractivity contribution in [2.75, 3.05) is 52.9 Å². The van der Waals surface area contributed by atoms with E-state index in [9.17, 15) is 5.11 Å². The molecule has 1 aliphatic rings. The fraction of sp³-hybridized carbons (Fsp3) is 0.462. The van der Waals surface area contributed by atoms with Gasteiger partial charge in [-0.3, -0.25) is 0 Å². The summed E-state index contributed by atoms with van der Waals surface area (Å²) in [5.74, 6) is 0.381. The minimum absolute atomic E-state index is 0.381. The Kier molecular flexibility index (Phi) is 8.81. The standard InChI is InChI=1S/C26H33Cl3N4O/c1-17(16-33-11-9-32(2)10-12-33)26-20(21-14-19(27)4-6-24(21)31-26)7-8-30-15-25(34)18-3-5-22(28)23(29)13-18/h3-6,13-14,17,25,30-31,34H,7-12,15-16H2,1-2H3. The zero-order valence-corrected chi connectivity index (χ0v) is 22.0. The predicted octanol–water partition coefficient (Wildman–Crippen LogP) is 5.34. The molecule has 0 saturated carbocycles. The Labute approximate surface area is 217 Å². The Morgan fingerprint density at radius 1 is 1.03 bits per heavy atom. The number of likely N-dealkylation sites (N-methyl/N-ethyl adjacent to an activating group) is 1. The van der Waals surface area contributed by atoms with Gasteiger partial charge in [-0.05, 0) is 61.5 Å². The summed E-state index contributed by atoms with van der Waals surface area (Å²) in [6, 6.07) is 11.3. The fourth-order valence-electron chi connectivity index (χ4n) is 4.73. The highest BCUT2D eigenvalue weighted by Gasteiger charge is 2.21. The van der Waals surface area contributed by atoms with E-state index in [1.54, 1.807) is 18.2 Å². The van der Waals surface area contributed by atoms with Crippen molar-refractivity contribution in [1.82, 2.24) is 20.1 Å². The average molecular weight is 524 g/mol. The van der Waals surface area contributed by atoms with Gasteiger partial charge in [0.25, 0.3) is 0 Å². The molecule has 1 aromatic heterocycles. The molecule has 5 nitrogen and oxygen atoms in total. The molecule has 0 aliphatic carbocycles. The Morgan fingerprint density at radius 2 is 1.79 bits per heavy atom. The van der Waals surface area contributed by atoms with Gasteiger partial charge in [-0.15, -0.1) is 0 Å². The van der Waals surface area contributed by atoms with Crippen LogP contribution in [0.15, 0.2) is 36.4 Å². The van der Waals surface area contributed by atoms with Gasteiger partial charge in [-0.1, -0.05) is 47.8 Å². The number of fused-ring (bicyclic) bond motifs is 1. The van der Waals surface area contributed by atoms with E-state index in [0.29, 0.717) is 22.5 Å². The number of aromatic amines is 1. The number of hydrogen-bond donors (Lipinski definition) is 3. The Hall–Kier alpha value is -1.31.